The summed E-state index contributed by atoms with van der Waals surface area (Å²) in [6, 6.07) is 6.80. The second kappa shape index (κ2) is 4.97. The van der Waals surface area contributed by atoms with Gasteiger partial charge in [-0.3, -0.25) is 4.98 Å². The predicted molar refractivity (Wildman–Crippen MR) is 66.7 cm³/mol. The quantitative estimate of drug-likeness (QED) is 0.875. The average Bonchev–Trinajstić information content (AvgIpc) is 2.32. The fourth-order valence-electron chi connectivity index (χ4n) is 1.39. The molecule has 0 spiro atoms. The van der Waals surface area contributed by atoms with Crippen molar-refractivity contribution in [3.05, 3.63) is 52.8 Å². The first-order chi connectivity index (χ1) is 8.47. The lowest BCUT2D eigenvalue weighted by atomic mass is 10.2. The zero-order valence-corrected chi connectivity index (χ0v) is 10.6. The maximum atomic E-state index is 12.6. The van der Waals surface area contributed by atoms with E-state index in [1.807, 2.05) is 0 Å². The van der Waals surface area contributed by atoms with Crippen LogP contribution in [0.2, 0.25) is 0 Å². The zero-order chi connectivity index (χ0) is 13.2. The summed E-state index contributed by atoms with van der Waals surface area (Å²) >= 11 is 3.21. The Kier molecular flexibility index (Phi) is 3.56. The third-order valence-electron chi connectivity index (χ3n) is 2.25. The van der Waals surface area contributed by atoms with Crippen LogP contribution in [0.4, 0.5) is 24.5 Å². The molecule has 1 aromatic heterocycles. The minimum absolute atomic E-state index is 0.357. The van der Waals surface area contributed by atoms with Crippen molar-refractivity contribution in [2.45, 2.75) is 6.18 Å². The summed E-state index contributed by atoms with van der Waals surface area (Å²) < 4.78 is 38.3. The predicted octanol–water partition coefficient (Wildman–Crippen LogP) is 4.61. The molecule has 0 aliphatic carbocycles. The van der Waals surface area contributed by atoms with Gasteiger partial charge in [-0.2, -0.15) is 13.2 Å². The summed E-state index contributed by atoms with van der Waals surface area (Å²) in [5.41, 5.74) is 0.336. The molecule has 1 N–H and O–H groups in total. The van der Waals surface area contributed by atoms with Gasteiger partial charge >= 0.3 is 6.18 Å². The first-order valence-corrected chi connectivity index (χ1v) is 5.80. The number of hydrogen-bond acceptors (Lipinski definition) is 2. The van der Waals surface area contributed by atoms with Gasteiger partial charge in [-0.1, -0.05) is 0 Å². The summed E-state index contributed by atoms with van der Waals surface area (Å²) in [7, 11) is 0. The van der Waals surface area contributed by atoms with E-state index in [1.54, 1.807) is 24.5 Å². The number of hydrogen-bond donors (Lipinski definition) is 1. The van der Waals surface area contributed by atoms with Crippen LogP contribution >= 0.6 is 15.9 Å². The van der Waals surface area contributed by atoms with Gasteiger partial charge in [0, 0.05) is 22.6 Å². The van der Waals surface area contributed by atoms with E-state index in [0.717, 1.165) is 12.1 Å². The minimum Gasteiger partial charge on any atom is -0.355 e. The highest BCUT2D eigenvalue weighted by Gasteiger charge is 2.30. The van der Waals surface area contributed by atoms with Gasteiger partial charge < -0.3 is 5.32 Å². The van der Waals surface area contributed by atoms with Crippen molar-refractivity contribution in [1.82, 2.24) is 4.98 Å². The number of nitrogens with zero attached hydrogens (tertiary/aromatic N) is 1. The van der Waals surface area contributed by atoms with Crippen LogP contribution in [0.3, 0.4) is 0 Å². The molecule has 0 aliphatic heterocycles. The number of rotatable bonds is 2. The Morgan fingerprint density at radius 3 is 2.33 bits per heavy atom. The van der Waals surface area contributed by atoms with Crippen LogP contribution in [0.25, 0.3) is 0 Å². The third kappa shape index (κ3) is 3.01. The molecular weight excluding hydrogens is 309 g/mol. The van der Waals surface area contributed by atoms with Crippen LogP contribution in [0.15, 0.2) is 47.2 Å². The highest BCUT2D eigenvalue weighted by molar-refractivity contribution is 9.10. The van der Waals surface area contributed by atoms with E-state index >= 15 is 0 Å². The Bertz CT molecular complexity index is 541. The second-order valence-corrected chi connectivity index (χ2v) is 4.41. The van der Waals surface area contributed by atoms with Gasteiger partial charge in [0.05, 0.1) is 11.3 Å². The molecule has 0 unspecified atom stereocenters. The minimum atomic E-state index is -4.35. The number of alkyl halides is 3. The average molecular weight is 317 g/mol. The molecule has 1 aromatic carbocycles. The molecule has 2 rings (SSSR count). The van der Waals surface area contributed by atoms with Crippen LogP contribution in [0.1, 0.15) is 5.56 Å². The normalized spacial score (nSPS) is 11.3. The Balaban J connectivity index is 2.33. The van der Waals surface area contributed by atoms with Crippen molar-refractivity contribution in [1.29, 1.82) is 0 Å². The molecule has 94 valence electrons. The summed E-state index contributed by atoms with van der Waals surface area (Å²) in [6.07, 6.45) is -1.23. The smallest absolute Gasteiger partial charge is 0.355 e. The van der Waals surface area contributed by atoms with Gasteiger partial charge in [0.1, 0.15) is 0 Å². The number of aromatic nitrogens is 1. The van der Waals surface area contributed by atoms with Crippen molar-refractivity contribution in [3.63, 3.8) is 0 Å². The fourth-order valence-corrected chi connectivity index (χ4v) is 1.73. The molecule has 2 aromatic rings. The Labute approximate surface area is 110 Å². The van der Waals surface area contributed by atoms with E-state index in [9.17, 15) is 13.2 Å². The maximum absolute atomic E-state index is 12.6. The van der Waals surface area contributed by atoms with E-state index < -0.39 is 11.7 Å². The lowest BCUT2D eigenvalue weighted by Gasteiger charge is -2.12. The molecule has 0 radical (unpaired) electrons. The van der Waals surface area contributed by atoms with E-state index in [2.05, 4.69) is 26.2 Å². The Morgan fingerprint density at radius 1 is 1.06 bits per heavy atom. The van der Waals surface area contributed by atoms with E-state index in [1.165, 1.54) is 6.07 Å². The number of halogens is 4. The summed E-state index contributed by atoms with van der Waals surface area (Å²) in [6.45, 7) is 0. The molecule has 0 aliphatic rings. The van der Waals surface area contributed by atoms with Crippen molar-refractivity contribution < 1.29 is 13.2 Å². The number of benzene rings is 1. The molecule has 18 heavy (non-hydrogen) atoms. The highest BCUT2D eigenvalue weighted by Crippen LogP contribution is 2.34. The molecule has 0 fully saturated rings. The SMILES string of the molecule is FC(F)(F)c1ccc(Br)c(Nc2ccncc2)c1. The molecule has 0 saturated carbocycles. The molecule has 6 heteroatoms. The zero-order valence-electron chi connectivity index (χ0n) is 9.00. The lowest BCUT2D eigenvalue weighted by Crippen LogP contribution is -2.05. The molecule has 2 nitrogen and oxygen atoms in total. The lowest BCUT2D eigenvalue weighted by molar-refractivity contribution is -0.137. The summed E-state index contributed by atoms with van der Waals surface area (Å²) in [5, 5.41) is 2.90. The maximum Gasteiger partial charge on any atom is 0.416 e. The largest absolute Gasteiger partial charge is 0.416 e. The number of pyridine rings is 1. The molecule has 1 heterocycles. The summed E-state index contributed by atoms with van der Waals surface area (Å²) in [5.74, 6) is 0. The highest BCUT2D eigenvalue weighted by atomic mass is 79.9. The second-order valence-electron chi connectivity index (χ2n) is 3.55. The van der Waals surface area contributed by atoms with E-state index in [4.69, 9.17) is 0 Å². The van der Waals surface area contributed by atoms with Crippen LogP contribution in [0.5, 0.6) is 0 Å². The number of anilines is 2. The van der Waals surface area contributed by atoms with E-state index in [0.29, 0.717) is 15.8 Å². The van der Waals surface area contributed by atoms with Crippen molar-refractivity contribution in [2.75, 3.05) is 5.32 Å². The molecule has 0 amide bonds. The van der Waals surface area contributed by atoms with Gasteiger partial charge in [0.25, 0.3) is 0 Å². The Hall–Kier alpha value is -1.56. The molecular formula is C12H8BrF3N2. The topological polar surface area (TPSA) is 24.9 Å². The van der Waals surface area contributed by atoms with Crippen LogP contribution in [0, 0.1) is 0 Å². The first-order valence-electron chi connectivity index (χ1n) is 5.00. The van der Waals surface area contributed by atoms with Gasteiger partial charge in [0.2, 0.25) is 0 Å². The van der Waals surface area contributed by atoms with Crippen LogP contribution < -0.4 is 5.32 Å². The monoisotopic (exact) mass is 316 g/mol. The molecule has 0 bridgehead atoms. The fraction of sp³-hybridized carbons (Fsp3) is 0.0833. The van der Waals surface area contributed by atoms with Crippen molar-refractivity contribution >= 4 is 27.3 Å². The van der Waals surface area contributed by atoms with Gasteiger partial charge in [-0.25, -0.2) is 0 Å². The number of nitrogens with one attached hydrogen (secondary N) is 1. The van der Waals surface area contributed by atoms with Gasteiger partial charge in [0.15, 0.2) is 0 Å². The Morgan fingerprint density at radius 2 is 1.72 bits per heavy atom. The van der Waals surface area contributed by atoms with E-state index in [-0.39, 0.29) is 0 Å². The van der Waals surface area contributed by atoms with Crippen molar-refractivity contribution in [2.24, 2.45) is 0 Å². The van der Waals surface area contributed by atoms with Gasteiger partial charge in [-0.05, 0) is 46.3 Å². The molecule has 0 saturated heterocycles. The standard InChI is InChI=1S/C12H8BrF3N2/c13-10-2-1-8(12(14,15)16)7-11(10)18-9-3-5-17-6-4-9/h1-7H,(H,17,18). The van der Waals surface area contributed by atoms with Crippen molar-refractivity contribution in [3.8, 4) is 0 Å². The van der Waals surface area contributed by atoms with Gasteiger partial charge in [-0.15, -0.1) is 0 Å². The first kappa shape index (κ1) is 12.9. The van der Waals surface area contributed by atoms with Crippen LogP contribution in [-0.4, -0.2) is 4.98 Å². The van der Waals surface area contributed by atoms with Crippen LogP contribution in [-0.2, 0) is 6.18 Å². The third-order valence-corrected chi connectivity index (χ3v) is 2.94. The summed E-state index contributed by atoms with van der Waals surface area (Å²) in [4.78, 5) is 3.83. The molecule has 0 atom stereocenters.